The molecular weight excluding hydrogens is 256 g/mol. The Balaban J connectivity index is 2.03. The van der Waals surface area contributed by atoms with Crippen molar-refractivity contribution in [2.45, 2.75) is 0 Å². The summed E-state index contributed by atoms with van der Waals surface area (Å²) < 4.78 is 31.7. The Hall–Kier alpha value is -2.01. The molecule has 0 saturated carbocycles. The molecule has 2 nitrogen and oxygen atoms in total. The maximum atomic E-state index is 13.6. The van der Waals surface area contributed by atoms with Gasteiger partial charge in [-0.15, -0.1) is 11.3 Å². The van der Waals surface area contributed by atoms with Crippen LogP contribution in [0, 0.1) is 11.6 Å². The van der Waals surface area contributed by atoms with Crippen molar-refractivity contribution >= 4 is 11.3 Å². The molecule has 0 aliphatic rings. The lowest BCUT2D eigenvalue weighted by molar-refractivity contribution is 0.574. The molecule has 2 aromatic heterocycles. The molecule has 0 spiro atoms. The Morgan fingerprint density at radius 3 is 2.78 bits per heavy atom. The zero-order valence-corrected chi connectivity index (χ0v) is 9.88. The van der Waals surface area contributed by atoms with Crippen molar-refractivity contribution in [1.82, 2.24) is 4.98 Å². The second-order valence-corrected chi connectivity index (χ2v) is 4.59. The Bertz CT molecular complexity index is 676. The number of benzene rings is 1. The van der Waals surface area contributed by atoms with Gasteiger partial charge in [-0.05, 0) is 23.6 Å². The predicted octanol–water partition coefficient (Wildman–Crippen LogP) is 4.35. The number of nitrogens with zero attached hydrogens (tertiary/aromatic N) is 1. The second-order valence-electron chi connectivity index (χ2n) is 3.64. The summed E-state index contributed by atoms with van der Waals surface area (Å²) in [6.07, 6.45) is 1.37. The Morgan fingerprint density at radius 1 is 1.17 bits per heavy atom. The smallest absolute Gasteiger partial charge is 0.236 e. The summed E-state index contributed by atoms with van der Waals surface area (Å²) in [6.45, 7) is 0. The molecule has 0 amide bonds. The van der Waals surface area contributed by atoms with Gasteiger partial charge in [0.1, 0.15) is 23.6 Å². The first-order valence-corrected chi connectivity index (χ1v) is 6.07. The van der Waals surface area contributed by atoms with Crippen LogP contribution in [0.3, 0.4) is 0 Å². The van der Waals surface area contributed by atoms with E-state index in [4.69, 9.17) is 4.42 Å². The molecule has 3 rings (SSSR count). The largest absolute Gasteiger partial charge is 0.443 e. The quantitative estimate of drug-likeness (QED) is 0.687. The first-order chi connectivity index (χ1) is 8.74. The van der Waals surface area contributed by atoms with Gasteiger partial charge >= 0.3 is 0 Å². The number of hydrogen-bond acceptors (Lipinski definition) is 3. The number of aromatic nitrogens is 1. The SMILES string of the molecule is Fc1ccc(-c2coc(-c3cccs3)n2)c(F)c1. The van der Waals surface area contributed by atoms with E-state index >= 15 is 0 Å². The lowest BCUT2D eigenvalue weighted by Gasteiger charge is -1.97. The maximum absolute atomic E-state index is 13.6. The molecule has 90 valence electrons. The van der Waals surface area contributed by atoms with E-state index < -0.39 is 11.6 Å². The van der Waals surface area contributed by atoms with Crippen molar-refractivity contribution in [2.24, 2.45) is 0 Å². The van der Waals surface area contributed by atoms with Crippen LogP contribution >= 0.6 is 11.3 Å². The zero-order valence-electron chi connectivity index (χ0n) is 9.06. The fraction of sp³-hybridized carbons (Fsp3) is 0. The molecule has 0 aliphatic carbocycles. The van der Waals surface area contributed by atoms with Crippen LogP contribution in [0.1, 0.15) is 0 Å². The highest BCUT2D eigenvalue weighted by molar-refractivity contribution is 7.13. The molecular formula is C13H7F2NOS. The molecule has 0 bridgehead atoms. The molecule has 5 heteroatoms. The van der Waals surface area contributed by atoms with Gasteiger partial charge in [-0.25, -0.2) is 13.8 Å². The third kappa shape index (κ3) is 1.93. The second kappa shape index (κ2) is 4.34. The minimum atomic E-state index is -0.652. The van der Waals surface area contributed by atoms with Crippen LogP contribution in [-0.4, -0.2) is 4.98 Å². The maximum Gasteiger partial charge on any atom is 0.236 e. The molecule has 0 radical (unpaired) electrons. The van der Waals surface area contributed by atoms with Crippen molar-refractivity contribution in [3.63, 3.8) is 0 Å². The number of hydrogen-bond donors (Lipinski definition) is 0. The molecule has 0 unspecified atom stereocenters. The fourth-order valence-electron chi connectivity index (χ4n) is 1.61. The van der Waals surface area contributed by atoms with Crippen LogP contribution in [0.15, 0.2) is 46.4 Å². The van der Waals surface area contributed by atoms with Gasteiger partial charge in [0.15, 0.2) is 0 Å². The molecule has 0 aliphatic heterocycles. The van der Waals surface area contributed by atoms with E-state index in [1.165, 1.54) is 29.7 Å². The van der Waals surface area contributed by atoms with E-state index in [9.17, 15) is 8.78 Å². The summed E-state index contributed by atoms with van der Waals surface area (Å²) in [5, 5.41) is 1.90. The monoisotopic (exact) mass is 263 g/mol. The number of rotatable bonds is 2. The molecule has 1 aromatic carbocycles. The van der Waals surface area contributed by atoms with Crippen molar-refractivity contribution in [3.05, 3.63) is 53.6 Å². The minimum Gasteiger partial charge on any atom is -0.443 e. The van der Waals surface area contributed by atoms with Gasteiger partial charge in [0.05, 0.1) is 4.88 Å². The Labute approximate surface area is 106 Å². The highest BCUT2D eigenvalue weighted by Crippen LogP contribution is 2.28. The molecule has 3 aromatic rings. The normalized spacial score (nSPS) is 10.8. The van der Waals surface area contributed by atoms with E-state index in [0.717, 1.165) is 10.9 Å². The summed E-state index contributed by atoms with van der Waals surface area (Å²) in [5.74, 6) is -0.831. The fourth-order valence-corrected chi connectivity index (χ4v) is 2.26. The van der Waals surface area contributed by atoms with Gasteiger partial charge in [0, 0.05) is 11.6 Å². The van der Waals surface area contributed by atoms with Crippen molar-refractivity contribution < 1.29 is 13.2 Å². The van der Waals surface area contributed by atoms with Crippen LogP contribution in [-0.2, 0) is 0 Å². The average Bonchev–Trinajstić information content (AvgIpc) is 2.99. The highest BCUT2D eigenvalue weighted by Gasteiger charge is 2.12. The van der Waals surface area contributed by atoms with E-state index in [-0.39, 0.29) is 5.56 Å². The highest BCUT2D eigenvalue weighted by atomic mass is 32.1. The third-order valence-corrected chi connectivity index (χ3v) is 3.30. The summed E-state index contributed by atoms with van der Waals surface area (Å²) in [4.78, 5) is 5.06. The van der Waals surface area contributed by atoms with Crippen LogP contribution in [0.2, 0.25) is 0 Å². The summed E-state index contributed by atoms with van der Waals surface area (Å²) in [7, 11) is 0. The van der Waals surface area contributed by atoms with Crippen LogP contribution < -0.4 is 0 Å². The third-order valence-electron chi connectivity index (χ3n) is 2.44. The van der Waals surface area contributed by atoms with Gasteiger partial charge in [0.25, 0.3) is 0 Å². The first kappa shape index (κ1) is 11.1. The molecule has 2 heterocycles. The Kier molecular flexibility index (Phi) is 2.68. The van der Waals surface area contributed by atoms with Crippen molar-refractivity contribution in [1.29, 1.82) is 0 Å². The molecule has 0 saturated heterocycles. The van der Waals surface area contributed by atoms with E-state index in [1.807, 2.05) is 17.5 Å². The molecule has 0 N–H and O–H groups in total. The first-order valence-electron chi connectivity index (χ1n) is 5.19. The summed E-state index contributed by atoms with van der Waals surface area (Å²) in [5.41, 5.74) is 0.582. The van der Waals surface area contributed by atoms with Crippen LogP contribution in [0.5, 0.6) is 0 Å². The molecule has 18 heavy (non-hydrogen) atoms. The van der Waals surface area contributed by atoms with Gasteiger partial charge < -0.3 is 4.42 Å². The van der Waals surface area contributed by atoms with Crippen molar-refractivity contribution in [3.8, 4) is 22.0 Å². The zero-order chi connectivity index (χ0) is 12.5. The molecule has 0 atom stereocenters. The van der Waals surface area contributed by atoms with Crippen molar-refractivity contribution in [2.75, 3.05) is 0 Å². The van der Waals surface area contributed by atoms with Gasteiger partial charge in [-0.2, -0.15) is 0 Å². The molecule has 0 fully saturated rings. The standard InChI is InChI=1S/C13H7F2NOS/c14-8-3-4-9(10(15)6-8)11-7-17-13(16-11)12-2-1-5-18-12/h1-7H. The van der Waals surface area contributed by atoms with Crippen LogP contribution in [0.25, 0.3) is 22.0 Å². The Morgan fingerprint density at radius 2 is 2.06 bits per heavy atom. The average molecular weight is 263 g/mol. The number of thiophene rings is 1. The van der Waals surface area contributed by atoms with E-state index in [1.54, 1.807) is 0 Å². The lowest BCUT2D eigenvalue weighted by atomic mass is 10.1. The predicted molar refractivity (Wildman–Crippen MR) is 65.2 cm³/mol. The number of halogens is 2. The minimum absolute atomic E-state index is 0.225. The topological polar surface area (TPSA) is 26.0 Å². The van der Waals surface area contributed by atoms with E-state index in [0.29, 0.717) is 11.6 Å². The van der Waals surface area contributed by atoms with Gasteiger partial charge in [-0.3, -0.25) is 0 Å². The lowest BCUT2D eigenvalue weighted by Crippen LogP contribution is -1.86. The number of oxazole rings is 1. The summed E-state index contributed by atoms with van der Waals surface area (Å²) in [6, 6.07) is 7.11. The summed E-state index contributed by atoms with van der Waals surface area (Å²) >= 11 is 1.48. The van der Waals surface area contributed by atoms with E-state index in [2.05, 4.69) is 4.98 Å². The van der Waals surface area contributed by atoms with Gasteiger partial charge in [0.2, 0.25) is 5.89 Å². The van der Waals surface area contributed by atoms with Crippen LogP contribution in [0.4, 0.5) is 8.78 Å². The van der Waals surface area contributed by atoms with Gasteiger partial charge in [-0.1, -0.05) is 6.07 Å².